The van der Waals surface area contributed by atoms with Gasteiger partial charge in [-0.25, -0.2) is 4.39 Å². The summed E-state index contributed by atoms with van der Waals surface area (Å²) in [4.78, 5) is 2.55. The first-order valence-electron chi connectivity index (χ1n) is 8.08. The molecule has 0 aliphatic carbocycles. The van der Waals surface area contributed by atoms with Gasteiger partial charge in [-0.05, 0) is 63.1 Å². The Bertz CT molecular complexity index is 477. The van der Waals surface area contributed by atoms with Crippen molar-refractivity contribution >= 4 is 17.3 Å². The number of nitrogens with zero attached hydrogens (tertiary/aromatic N) is 1. The number of halogens is 1. The summed E-state index contributed by atoms with van der Waals surface area (Å²) in [5.74, 6) is -0.214. The molecule has 0 bridgehead atoms. The highest BCUT2D eigenvalue weighted by Gasteiger charge is 2.22. The van der Waals surface area contributed by atoms with E-state index in [1.165, 1.54) is 37.9 Å². The molecule has 1 aromatic carbocycles. The molecule has 0 spiro atoms. The second-order valence-corrected chi connectivity index (χ2v) is 6.53. The van der Waals surface area contributed by atoms with Crippen LogP contribution in [0, 0.1) is 5.82 Å². The summed E-state index contributed by atoms with van der Waals surface area (Å²) in [5.41, 5.74) is 1.02. The van der Waals surface area contributed by atoms with Gasteiger partial charge in [-0.2, -0.15) is 0 Å². The van der Waals surface area contributed by atoms with Crippen molar-refractivity contribution in [1.82, 2.24) is 15.5 Å². The van der Waals surface area contributed by atoms with Crippen molar-refractivity contribution in [2.75, 3.05) is 13.1 Å². The first kappa shape index (κ1) is 17.2. The molecule has 1 aromatic rings. The lowest BCUT2D eigenvalue weighted by molar-refractivity contribution is 0.116. The SMILES string of the molecule is C[C@H]1CCCCN1[C@@H](C)CNC(=S)NCc1ccc(F)cc1. The Labute approximate surface area is 138 Å². The molecule has 122 valence electrons. The first-order valence-corrected chi connectivity index (χ1v) is 8.49. The summed E-state index contributed by atoms with van der Waals surface area (Å²) in [6.45, 7) is 7.19. The predicted molar refractivity (Wildman–Crippen MR) is 93.3 cm³/mol. The van der Waals surface area contributed by atoms with Crippen LogP contribution in [0.15, 0.2) is 24.3 Å². The number of thiocarbonyl (C=S) groups is 1. The van der Waals surface area contributed by atoms with E-state index in [4.69, 9.17) is 12.2 Å². The third-order valence-electron chi connectivity index (χ3n) is 4.34. The van der Waals surface area contributed by atoms with Crippen molar-refractivity contribution in [3.8, 4) is 0 Å². The Morgan fingerprint density at radius 1 is 1.32 bits per heavy atom. The van der Waals surface area contributed by atoms with Crippen molar-refractivity contribution in [2.45, 2.75) is 51.7 Å². The Morgan fingerprint density at radius 2 is 2.05 bits per heavy atom. The average molecular weight is 323 g/mol. The lowest BCUT2D eigenvalue weighted by atomic mass is 10.0. The maximum Gasteiger partial charge on any atom is 0.166 e. The molecule has 2 atom stereocenters. The molecular formula is C17H26FN3S. The molecule has 1 heterocycles. The number of piperidine rings is 1. The van der Waals surface area contributed by atoms with Crippen molar-refractivity contribution in [3.63, 3.8) is 0 Å². The minimum absolute atomic E-state index is 0.214. The number of hydrogen-bond donors (Lipinski definition) is 2. The van der Waals surface area contributed by atoms with Crippen molar-refractivity contribution < 1.29 is 4.39 Å². The number of benzene rings is 1. The molecule has 2 rings (SSSR count). The number of nitrogens with one attached hydrogen (secondary N) is 2. The summed E-state index contributed by atoms with van der Waals surface area (Å²) in [5, 5.41) is 7.11. The number of likely N-dealkylation sites (tertiary alicyclic amines) is 1. The minimum Gasteiger partial charge on any atom is -0.361 e. The fourth-order valence-corrected chi connectivity index (χ4v) is 3.14. The second-order valence-electron chi connectivity index (χ2n) is 6.12. The van der Waals surface area contributed by atoms with Gasteiger partial charge in [0.2, 0.25) is 0 Å². The molecule has 0 aromatic heterocycles. The Balaban J connectivity index is 1.69. The molecule has 0 unspecified atom stereocenters. The zero-order valence-corrected chi connectivity index (χ0v) is 14.3. The zero-order chi connectivity index (χ0) is 15.9. The van der Waals surface area contributed by atoms with Gasteiger partial charge in [0.15, 0.2) is 5.11 Å². The normalized spacial score (nSPS) is 20.4. The molecule has 5 heteroatoms. The van der Waals surface area contributed by atoms with Crippen molar-refractivity contribution in [1.29, 1.82) is 0 Å². The van der Waals surface area contributed by atoms with Crippen LogP contribution in [0.1, 0.15) is 38.7 Å². The Morgan fingerprint density at radius 3 is 2.73 bits per heavy atom. The molecule has 0 radical (unpaired) electrons. The minimum atomic E-state index is -0.214. The van der Waals surface area contributed by atoms with Gasteiger partial charge in [-0.3, -0.25) is 4.90 Å². The quantitative estimate of drug-likeness (QED) is 0.815. The van der Waals surface area contributed by atoms with E-state index in [-0.39, 0.29) is 5.82 Å². The molecular weight excluding hydrogens is 297 g/mol. The van der Waals surface area contributed by atoms with Gasteiger partial charge in [0.05, 0.1) is 0 Å². The van der Waals surface area contributed by atoms with E-state index in [9.17, 15) is 4.39 Å². The maximum absolute atomic E-state index is 12.8. The zero-order valence-electron chi connectivity index (χ0n) is 13.4. The lowest BCUT2D eigenvalue weighted by Crippen LogP contribution is -2.49. The van der Waals surface area contributed by atoms with E-state index in [0.29, 0.717) is 23.7 Å². The lowest BCUT2D eigenvalue weighted by Gasteiger charge is -2.38. The predicted octanol–water partition coefficient (Wildman–Crippen LogP) is 3.05. The molecule has 3 nitrogen and oxygen atoms in total. The monoisotopic (exact) mass is 323 g/mol. The van der Waals surface area contributed by atoms with Crippen LogP contribution in [0.5, 0.6) is 0 Å². The molecule has 0 amide bonds. The fraction of sp³-hybridized carbons (Fsp3) is 0.588. The van der Waals surface area contributed by atoms with E-state index < -0.39 is 0 Å². The first-order chi connectivity index (χ1) is 10.6. The maximum atomic E-state index is 12.8. The van der Waals surface area contributed by atoms with E-state index in [1.54, 1.807) is 12.1 Å². The molecule has 1 fully saturated rings. The standard InChI is InChI=1S/C17H26FN3S/c1-13-5-3-4-10-21(13)14(2)11-19-17(22)20-12-15-6-8-16(18)9-7-15/h6-9,13-14H,3-5,10-12H2,1-2H3,(H2,19,20,22)/t13-,14-/m0/s1. The van der Waals surface area contributed by atoms with Gasteiger partial charge < -0.3 is 10.6 Å². The van der Waals surface area contributed by atoms with Crippen LogP contribution in [0.2, 0.25) is 0 Å². The molecule has 22 heavy (non-hydrogen) atoms. The van der Waals surface area contributed by atoms with Crippen LogP contribution in [0.25, 0.3) is 0 Å². The smallest absolute Gasteiger partial charge is 0.166 e. The van der Waals surface area contributed by atoms with Crippen molar-refractivity contribution in [2.24, 2.45) is 0 Å². The van der Waals surface area contributed by atoms with E-state index in [2.05, 4.69) is 29.4 Å². The van der Waals surface area contributed by atoms with Crippen LogP contribution in [-0.2, 0) is 6.54 Å². The van der Waals surface area contributed by atoms with Crippen LogP contribution < -0.4 is 10.6 Å². The third kappa shape index (κ3) is 5.21. The summed E-state index contributed by atoms with van der Waals surface area (Å²) in [7, 11) is 0. The van der Waals surface area contributed by atoms with Gasteiger partial charge in [-0.15, -0.1) is 0 Å². The van der Waals surface area contributed by atoms with Crippen LogP contribution >= 0.6 is 12.2 Å². The summed E-state index contributed by atoms with van der Waals surface area (Å²) in [6.07, 6.45) is 3.93. The highest BCUT2D eigenvalue weighted by molar-refractivity contribution is 7.80. The largest absolute Gasteiger partial charge is 0.361 e. The molecule has 0 saturated carbocycles. The van der Waals surface area contributed by atoms with Crippen molar-refractivity contribution in [3.05, 3.63) is 35.6 Å². The van der Waals surface area contributed by atoms with Crippen LogP contribution in [0.3, 0.4) is 0 Å². The molecule has 1 aliphatic rings. The number of rotatable bonds is 5. The van der Waals surface area contributed by atoms with Gasteiger partial charge in [-0.1, -0.05) is 18.6 Å². The molecule has 1 saturated heterocycles. The second kappa shape index (κ2) is 8.44. The van der Waals surface area contributed by atoms with E-state index in [1.807, 2.05) is 0 Å². The topological polar surface area (TPSA) is 27.3 Å². The summed E-state index contributed by atoms with van der Waals surface area (Å²) >= 11 is 5.31. The van der Waals surface area contributed by atoms with Crippen LogP contribution in [-0.4, -0.2) is 35.2 Å². The number of hydrogen-bond acceptors (Lipinski definition) is 2. The molecule has 1 aliphatic heterocycles. The van der Waals surface area contributed by atoms with Gasteiger partial charge in [0.1, 0.15) is 5.82 Å². The third-order valence-corrected chi connectivity index (χ3v) is 4.63. The van der Waals surface area contributed by atoms with Gasteiger partial charge >= 0.3 is 0 Å². The summed E-state index contributed by atoms with van der Waals surface area (Å²) < 4.78 is 12.8. The van der Waals surface area contributed by atoms with E-state index in [0.717, 1.165) is 12.1 Å². The summed E-state index contributed by atoms with van der Waals surface area (Å²) in [6, 6.07) is 7.60. The fourth-order valence-electron chi connectivity index (χ4n) is 2.98. The highest BCUT2D eigenvalue weighted by Crippen LogP contribution is 2.18. The Hall–Kier alpha value is -1.20. The Kier molecular flexibility index (Phi) is 6.58. The average Bonchev–Trinajstić information content (AvgIpc) is 2.52. The highest BCUT2D eigenvalue weighted by atomic mass is 32.1. The van der Waals surface area contributed by atoms with Gasteiger partial charge in [0, 0.05) is 25.2 Å². The van der Waals surface area contributed by atoms with Gasteiger partial charge in [0.25, 0.3) is 0 Å². The molecule has 2 N–H and O–H groups in total. The van der Waals surface area contributed by atoms with Crippen LogP contribution in [0.4, 0.5) is 4.39 Å². The van der Waals surface area contributed by atoms with E-state index >= 15 is 0 Å².